The molecule has 1 aromatic rings. The summed E-state index contributed by atoms with van der Waals surface area (Å²) in [6, 6.07) is 7.75. The van der Waals surface area contributed by atoms with Crippen LogP contribution < -0.4 is 5.11 Å². The molecule has 1 aromatic carbocycles. The molecule has 0 saturated carbocycles. The van der Waals surface area contributed by atoms with Crippen LogP contribution in [0.1, 0.15) is 18.4 Å². The van der Waals surface area contributed by atoms with Gasteiger partial charge >= 0.3 is 0 Å². The number of aryl methyl sites for hydroxylation is 1. The zero-order valence-corrected chi connectivity index (χ0v) is 11.9. The van der Waals surface area contributed by atoms with E-state index in [9.17, 15) is 5.11 Å². The Morgan fingerprint density at radius 2 is 1.94 bits per heavy atom. The van der Waals surface area contributed by atoms with E-state index in [1.54, 1.807) is 0 Å². The van der Waals surface area contributed by atoms with Gasteiger partial charge in [-0.3, -0.25) is 4.99 Å². The molecule has 0 unspecified atom stereocenters. The SMILES string of the molecule is C[S+](C)CCC([O-])=Nc1ccc(CCC[OH2+])cc1. The van der Waals surface area contributed by atoms with Crippen molar-refractivity contribution in [2.75, 3.05) is 24.9 Å². The lowest BCUT2D eigenvalue weighted by Gasteiger charge is -2.09. The Morgan fingerprint density at radius 3 is 2.50 bits per heavy atom. The minimum Gasteiger partial charge on any atom is -0.862 e. The molecule has 0 aromatic heterocycles. The summed E-state index contributed by atoms with van der Waals surface area (Å²) < 4.78 is 0. The highest BCUT2D eigenvalue weighted by molar-refractivity contribution is 7.95. The van der Waals surface area contributed by atoms with Crippen molar-refractivity contribution in [3.05, 3.63) is 29.8 Å². The normalized spacial score (nSPS) is 12.1. The quantitative estimate of drug-likeness (QED) is 0.413. The van der Waals surface area contributed by atoms with Crippen LogP contribution in [0, 0.1) is 0 Å². The highest BCUT2D eigenvalue weighted by Crippen LogP contribution is 2.14. The van der Waals surface area contributed by atoms with Crippen molar-refractivity contribution < 1.29 is 10.2 Å². The van der Waals surface area contributed by atoms with Crippen LogP contribution in [-0.2, 0) is 17.3 Å². The molecule has 0 atom stereocenters. The first kappa shape index (κ1) is 15.1. The second-order valence-electron chi connectivity index (χ2n) is 4.47. The Morgan fingerprint density at radius 1 is 1.28 bits per heavy atom. The molecule has 18 heavy (non-hydrogen) atoms. The maximum atomic E-state index is 11.6. The minimum absolute atomic E-state index is 0.0323. The Bertz CT molecular complexity index is 374. The highest BCUT2D eigenvalue weighted by atomic mass is 32.2. The third-order valence-electron chi connectivity index (χ3n) is 2.56. The lowest BCUT2D eigenvalue weighted by molar-refractivity contribution is -0.217. The molecule has 0 aliphatic carbocycles. The Labute approximate surface area is 112 Å². The fourth-order valence-corrected chi connectivity index (χ4v) is 2.10. The monoisotopic (exact) mass is 268 g/mol. The second-order valence-corrected chi connectivity index (χ2v) is 6.84. The van der Waals surface area contributed by atoms with Crippen molar-refractivity contribution in [2.45, 2.75) is 19.3 Å². The van der Waals surface area contributed by atoms with Gasteiger partial charge in [0, 0.05) is 12.8 Å². The van der Waals surface area contributed by atoms with Crippen molar-refractivity contribution in [3.63, 3.8) is 0 Å². The Balaban J connectivity index is 2.53. The molecule has 0 amide bonds. The molecule has 0 aliphatic rings. The number of hydrogen-bond acceptors (Lipinski definition) is 2. The zero-order valence-electron chi connectivity index (χ0n) is 11.1. The van der Waals surface area contributed by atoms with Crippen molar-refractivity contribution in [1.29, 1.82) is 0 Å². The van der Waals surface area contributed by atoms with Crippen LogP contribution in [0.25, 0.3) is 0 Å². The molecule has 4 heteroatoms. The fraction of sp³-hybridized carbons (Fsp3) is 0.500. The van der Waals surface area contributed by atoms with E-state index in [1.165, 1.54) is 5.56 Å². The van der Waals surface area contributed by atoms with E-state index >= 15 is 0 Å². The molecular weight excluding hydrogens is 246 g/mol. The standard InChI is InChI=1S/C14H21NO2S/c1-18(2)11-9-14(17)15-13-7-5-12(6-8-13)4-3-10-16/h5-8,16H,3-4,9-11H2,1-2H3/p+1. The fourth-order valence-electron chi connectivity index (χ4n) is 1.52. The molecule has 0 spiro atoms. The molecule has 0 radical (unpaired) electrons. The van der Waals surface area contributed by atoms with Gasteiger partial charge in [0.15, 0.2) is 0 Å². The van der Waals surface area contributed by atoms with Crippen molar-refractivity contribution in [2.24, 2.45) is 4.99 Å². The van der Waals surface area contributed by atoms with Gasteiger partial charge in [-0.05, 0) is 40.9 Å². The molecule has 2 N–H and O–H groups in total. The summed E-state index contributed by atoms with van der Waals surface area (Å²) in [5, 5.41) is 18.7. The van der Waals surface area contributed by atoms with Gasteiger partial charge in [0.1, 0.15) is 12.4 Å². The van der Waals surface area contributed by atoms with Gasteiger partial charge < -0.3 is 10.2 Å². The minimum atomic E-state index is -0.0323. The topological polar surface area (TPSA) is 58.3 Å². The Hall–Kier alpha value is -1.00. The first-order valence-corrected chi connectivity index (χ1v) is 8.35. The van der Waals surface area contributed by atoms with Gasteiger partial charge in [0.2, 0.25) is 0 Å². The van der Waals surface area contributed by atoms with E-state index in [0.717, 1.165) is 24.3 Å². The van der Waals surface area contributed by atoms with Gasteiger partial charge in [-0.1, -0.05) is 12.1 Å². The number of hydrogen-bond donors (Lipinski definition) is 0. The third-order valence-corrected chi connectivity index (χ3v) is 3.58. The maximum Gasteiger partial charge on any atom is 0.143 e. The van der Waals surface area contributed by atoms with Crippen LogP contribution >= 0.6 is 0 Å². The number of nitrogens with zero attached hydrogens (tertiary/aromatic N) is 1. The molecule has 0 aliphatic heterocycles. The predicted octanol–water partition coefficient (Wildman–Crippen LogP) is 1.00. The molecule has 0 heterocycles. The molecular formula is C14H22NO2S+. The summed E-state index contributed by atoms with van der Waals surface area (Å²) in [6.07, 6.45) is 6.61. The summed E-state index contributed by atoms with van der Waals surface area (Å²) in [4.78, 5) is 4.08. The zero-order chi connectivity index (χ0) is 13.4. The van der Waals surface area contributed by atoms with Crippen LogP contribution in [0.4, 0.5) is 5.69 Å². The van der Waals surface area contributed by atoms with E-state index in [1.807, 2.05) is 24.3 Å². The molecule has 0 fully saturated rings. The van der Waals surface area contributed by atoms with Gasteiger partial charge in [-0.25, -0.2) is 0 Å². The first-order valence-electron chi connectivity index (χ1n) is 6.14. The maximum absolute atomic E-state index is 11.6. The van der Waals surface area contributed by atoms with E-state index in [2.05, 4.69) is 17.5 Å². The van der Waals surface area contributed by atoms with E-state index in [4.69, 9.17) is 5.11 Å². The second kappa shape index (κ2) is 8.16. The first-order chi connectivity index (χ1) is 8.61. The van der Waals surface area contributed by atoms with Crippen molar-refractivity contribution in [1.82, 2.24) is 0 Å². The molecule has 100 valence electrons. The number of aliphatic imine (C=N–C) groups is 1. The lowest BCUT2D eigenvalue weighted by atomic mass is 10.1. The van der Waals surface area contributed by atoms with Gasteiger partial charge in [-0.15, -0.1) is 0 Å². The average molecular weight is 268 g/mol. The van der Waals surface area contributed by atoms with Crippen LogP contribution in [0.3, 0.4) is 0 Å². The van der Waals surface area contributed by atoms with E-state index in [0.29, 0.717) is 23.9 Å². The van der Waals surface area contributed by atoms with Crippen molar-refractivity contribution >= 4 is 22.5 Å². The largest absolute Gasteiger partial charge is 0.862 e. The van der Waals surface area contributed by atoms with E-state index < -0.39 is 0 Å². The summed E-state index contributed by atoms with van der Waals surface area (Å²) >= 11 is 0. The summed E-state index contributed by atoms with van der Waals surface area (Å²) in [5.74, 6) is 0.888. The Kier molecular flexibility index (Phi) is 6.83. The van der Waals surface area contributed by atoms with Crippen LogP contribution in [0.15, 0.2) is 29.3 Å². The summed E-state index contributed by atoms with van der Waals surface area (Å²) in [5.41, 5.74) is 1.94. The van der Waals surface area contributed by atoms with Crippen LogP contribution in [0.5, 0.6) is 0 Å². The van der Waals surface area contributed by atoms with Crippen molar-refractivity contribution in [3.8, 4) is 0 Å². The van der Waals surface area contributed by atoms with E-state index in [-0.39, 0.29) is 5.90 Å². The van der Waals surface area contributed by atoms with Gasteiger partial charge in [0.05, 0.1) is 18.2 Å². The summed E-state index contributed by atoms with van der Waals surface area (Å²) in [6.45, 7) is 0.459. The van der Waals surface area contributed by atoms with Crippen LogP contribution in [0.2, 0.25) is 0 Å². The third kappa shape index (κ3) is 6.07. The summed E-state index contributed by atoms with van der Waals surface area (Å²) in [7, 11) is 0.300. The van der Waals surface area contributed by atoms with Gasteiger partial charge in [-0.2, -0.15) is 0 Å². The lowest BCUT2D eigenvalue weighted by Crippen LogP contribution is -2.20. The predicted molar refractivity (Wildman–Crippen MR) is 79.0 cm³/mol. The highest BCUT2D eigenvalue weighted by Gasteiger charge is 2.01. The molecule has 3 nitrogen and oxygen atoms in total. The average Bonchev–Trinajstić information content (AvgIpc) is 2.35. The van der Waals surface area contributed by atoms with Gasteiger partial charge in [0.25, 0.3) is 0 Å². The number of rotatable bonds is 7. The number of benzene rings is 1. The van der Waals surface area contributed by atoms with Crippen LogP contribution in [-0.4, -0.2) is 35.9 Å². The smallest absolute Gasteiger partial charge is 0.143 e. The molecule has 1 rings (SSSR count). The molecule has 0 bridgehead atoms. The molecule has 0 saturated heterocycles.